The van der Waals surface area contributed by atoms with Gasteiger partial charge in [0.15, 0.2) is 0 Å². The number of carbonyl (C=O) groups is 2. The van der Waals surface area contributed by atoms with Crippen molar-refractivity contribution < 1.29 is 19.4 Å². The van der Waals surface area contributed by atoms with Gasteiger partial charge in [-0.1, -0.05) is 23.7 Å². The number of carboxylic acids is 1. The molecular weight excluding hydrogens is 282 g/mol. The predicted octanol–water partition coefficient (Wildman–Crippen LogP) is 1.49. The molecule has 6 heteroatoms. The average Bonchev–Trinajstić information content (AvgIpc) is 2.75. The van der Waals surface area contributed by atoms with Crippen molar-refractivity contribution >= 4 is 23.5 Å². The van der Waals surface area contributed by atoms with Crippen LogP contribution in [0.2, 0.25) is 5.02 Å². The van der Waals surface area contributed by atoms with E-state index in [0.29, 0.717) is 5.02 Å². The Bertz CT molecular complexity index is 516. The molecule has 108 valence electrons. The lowest BCUT2D eigenvalue weighted by Crippen LogP contribution is -2.50. The monoisotopic (exact) mass is 297 g/mol. The van der Waals surface area contributed by atoms with Crippen molar-refractivity contribution in [3.63, 3.8) is 0 Å². The molecule has 20 heavy (non-hydrogen) atoms. The lowest BCUT2D eigenvalue weighted by atomic mass is 9.85. The molecule has 2 rings (SSSR count). The summed E-state index contributed by atoms with van der Waals surface area (Å²) < 4.78 is 5.19. The number of nitrogens with one attached hydrogen (secondary N) is 1. The minimum Gasteiger partial charge on any atom is -0.481 e. The minimum atomic E-state index is -1.07. The molecule has 1 amide bonds. The Morgan fingerprint density at radius 2 is 2.10 bits per heavy atom. The van der Waals surface area contributed by atoms with Crippen molar-refractivity contribution in [1.29, 1.82) is 0 Å². The maximum absolute atomic E-state index is 12.0. The lowest BCUT2D eigenvalue weighted by Gasteiger charge is -2.25. The summed E-state index contributed by atoms with van der Waals surface area (Å²) in [6.45, 7) is 1.90. The largest absolute Gasteiger partial charge is 0.481 e. The molecule has 0 spiro atoms. The van der Waals surface area contributed by atoms with Gasteiger partial charge in [0, 0.05) is 5.02 Å². The van der Waals surface area contributed by atoms with Gasteiger partial charge in [-0.25, -0.2) is 0 Å². The van der Waals surface area contributed by atoms with Crippen LogP contribution < -0.4 is 5.32 Å². The lowest BCUT2D eigenvalue weighted by molar-refractivity contribution is -0.149. The molecule has 0 saturated carbocycles. The molecule has 5 nitrogen and oxygen atoms in total. The van der Waals surface area contributed by atoms with E-state index in [1.807, 2.05) is 0 Å². The smallest absolute Gasteiger partial charge is 0.313 e. The Labute approximate surface area is 121 Å². The van der Waals surface area contributed by atoms with Crippen molar-refractivity contribution in [3.8, 4) is 0 Å². The average molecular weight is 298 g/mol. The van der Waals surface area contributed by atoms with Crippen LogP contribution in [-0.4, -0.2) is 36.2 Å². The van der Waals surface area contributed by atoms with Crippen LogP contribution in [0.3, 0.4) is 0 Å². The molecule has 1 saturated heterocycles. The fourth-order valence-electron chi connectivity index (χ4n) is 2.12. The summed E-state index contributed by atoms with van der Waals surface area (Å²) in [4.78, 5) is 23.2. The second-order valence-electron chi connectivity index (χ2n) is 5.16. The standard InChI is InChI=1S/C14H16ClNO4/c1-14(13(18)19)8-20-7-11(14)16-12(17)6-9-2-4-10(15)5-3-9/h2-5,11H,6-8H2,1H3,(H,16,17)(H,18,19). The van der Waals surface area contributed by atoms with E-state index in [0.717, 1.165) is 5.56 Å². The van der Waals surface area contributed by atoms with Gasteiger partial charge < -0.3 is 15.2 Å². The maximum atomic E-state index is 12.0. The van der Waals surface area contributed by atoms with Gasteiger partial charge in [-0.3, -0.25) is 9.59 Å². The van der Waals surface area contributed by atoms with Crippen LogP contribution in [0.1, 0.15) is 12.5 Å². The molecule has 2 atom stereocenters. The summed E-state index contributed by atoms with van der Waals surface area (Å²) in [5, 5.41) is 12.6. The van der Waals surface area contributed by atoms with Gasteiger partial charge in [0.25, 0.3) is 0 Å². The van der Waals surface area contributed by atoms with Crippen molar-refractivity contribution in [2.24, 2.45) is 5.41 Å². The number of halogens is 1. The predicted molar refractivity (Wildman–Crippen MR) is 73.6 cm³/mol. The van der Waals surface area contributed by atoms with Crippen LogP contribution in [0, 0.1) is 5.41 Å². The highest BCUT2D eigenvalue weighted by atomic mass is 35.5. The first-order valence-corrected chi connectivity index (χ1v) is 6.64. The molecule has 1 aliphatic rings. The van der Waals surface area contributed by atoms with Gasteiger partial charge in [0.1, 0.15) is 5.41 Å². The Hall–Kier alpha value is -1.59. The van der Waals surface area contributed by atoms with E-state index in [1.54, 1.807) is 31.2 Å². The van der Waals surface area contributed by atoms with Crippen LogP contribution >= 0.6 is 11.6 Å². The number of amides is 1. The van der Waals surface area contributed by atoms with Crippen molar-refractivity contribution in [2.75, 3.05) is 13.2 Å². The third-order valence-electron chi connectivity index (χ3n) is 3.56. The maximum Gasteiger partial charge on any atom is 0.313 e. The van der Waals surface area contributed by atoms with Crippen molar-refractivity contribution in [2.45, 2.75) is 19.4 Å². The van der Waals surface area contributed by atoms with Gasteiger partial charge in [-0.05, 0) is 24.6 Å². The van der Waals surface area contributed by atoms with Crippen molar-refractivity contribution in [1.82, 2.24) is 5.32 Å². The second kappa shape index (κ2) is 5.81. The third kappa shape index (κ3) is 3.11. The number of aliphatic carboxylic acids is 1. The molecule has 0 bridgehead atoms. The number of ether oxygens (including phenoxy) is 1. The van der Waals surface area contributed by atoms with Gasteiger partial charge >= 0.3 is 5.97 Å². The topological polar surface area (TPSA) is 75.6 Å². The zero-order valence-electron chi connectivity index (χ0n) is 11.1. The van der Waals surface area contributed by atoms with E-state index in [2.05, 4.69) is 5.32 Å². The first-order chi connectivity index (χ1) is 9.41. The molecule has 0 aliphatic carbocycles. The van der Waals surface area contributed by atoms with Gasteiger partial charge in [0.2, 0.25) is 5.91 Å². The SMILES string of the molecule is CC1(C(=O)O)COCC1NC(=O)Cc1ccc(Cl)cc1. The summed E-state index contributed by atoms with van der Waals surface area (Å²) in [6.07, 6.45) is 0.184. The molecule has 1 aromatic carbocycles. The second-order valence-corrected chi connectivity index (χ2v) is 5.60. The Morgan fingerprint density at radius 3 is 2.70 bits per heavy atom. The Morgan fingerprint density at radius 1 is 1.45 bits per heavy atom. The van der Waals surface area contributed by atoms with Gasteiger partial charge in [-0.2, -0.15) is 0 Å². The molecule has 1 fully saturated rings. The molecule has 0 radical (unpaired) electrons. The van der Waals surface area contributed by atoms with E-state index in [4.69, 9.17) is 16.3 Å². The zero-order valence-corrected chi connectivity index (χ0v) is 11.8. The summed E-state index contributed by atoms with van der Waals surface area (Å²) in [5.74, 6) is -1.19. The fourth-order valence-corrected chi connectivity index (χ4v) is 2.24. The van der Waals surface area contributed by atoms with Crippen LogP contribution in [0.5, 0.6) is 0 Å². The zero-order chi connectivity index (χ0) is 14.8. The van der Waals surface area contributed by atoms with Crippen LogP contribution in [0.15, 0.2) is 24.3 Å². The normalized spacial score (nSPS) is 25.4. The highest BCUT2D eigenvalue weighted by Gasteiger charge is 2.47. The first-order valence-electron chi connectivity index (χ1n) is 6.27. The van der Waals surface area contributed by atoms with E-state index in [-0.39, 0.29) is 25.5 Å². The van der Waals surface area contributed by atoms with E-state index in [1.165, 1.54) is 0 Å². The summed E-state index contributed by atoms with van der Waals surface area (Å²) in [5.41, 5.74) is -0.252. The highest BCUT2D eigenvalue weighted by molar-refractivity contribution is 6.30. The summed E-state index contributed by atoms with van der Waals surface area (Å²) in [7, 11) is 0. The van der Waals surface area contributed by atoms with Crippen LogP contribution in [0.4, 0.5) is 0 Å². The fraction of sp³-hybridized carbons (Fsp3) is 0.429. The number of rotatable bonds is 4. The molecule has 2 unspecified atom stereocenters. The summed E-state index contributed by atoms with van der Waals surface area (Å²) >= 11 is 5.78. The Balaban J connectivity index is 1.98. The third-order valence-corrected chi connectivity index (χ3v) is 3.81. The number of carboxylic acid groups (broad SMARTS) is 1. The molecule has 1 heterocycles. The first kappa shape index (κ1) is 14.8. The quantitative estimate of drug-likeness (QED) is 0.883. The van der Waals surface area contributed by atoms with E-state index in [9.17, 15) is 14.7 Å². The van der Waals surface area contributed by atoms with E-state index >= 15 is 0 Å². The van der Waals surface area contributed by atoms with Gasteiger partial charge in [0.05, 0.1) is 25.7 Å². The number of benzene rings is 1. The molecule has 0 aromatic heterocycles. The van der Waals surface area contributed by atoms with E-state index < -0.39 is 17.4 Å². The van der Waals surface area contributed by atoms with Crippen LogP contribution in [-0.2, 0) is 20.7 Å². The molecule has 1 aliphatic heterocycles. The van der Waals surface area contributed by atoms with Gasteiger partial charge in [-0.15, -0.1) is 0 Å². The minimum absolute atomic E-state index is 0.105. The highest BCUT2D eigenvalue weighted by Crippen LogP contribution is 2.28. The number of carbonyl (C=O) groups excluding carboxylic acids is 1. The summed E-state index contributed by atoms with van der Waals surface area (Å²) in [6, 6.07) is 6.45. The molecule has 2 N–H and O–H groups in total. The van der Waals surface area contributed by atoms with Crippen molar-refractivity contribution in [3.05, 3.63) is 34.9 Å². The molecule has 1 aromatic rings. The number of hydrogen-bond acceptors (Lipinski definition) is 3. The van der Waals surface area contributed by atoms with Crippen LogP contribution in [0.25, 0.3) is 0 Å². The molecular formula is C14H16ClNO4. The Kier molecular flexibility index (Phi) is 4.30. The number of hydrogen-bond donors (Lipinski definition) is 2.